The lowest BCUT2D eigenvalue weighted by Crippen LogP contribution is -1.97. The van der Waals surface area contributed by atoms with Crippen molar-refractivity contribution < 1.29 is 18.7 Å². The molecule has 0 aliphatic rings. The minimum Gasteiger partial charge on any atom is -0.491 e. The molecule has 116 valence electrons. The van der Waals surface area contributed by atoms with E-state index in [0.29, 0.717) is 34.6 Å². The molecule has 0 amide bonds. The number of ketones is 1. The van der Waals surface area contributed by atoms with Gasteiger partial charge in [-0.15, -0.1) is 0 Å². The molecule has 1 aromatic heterocycles. The van der Waals surface area contributed by atoms with Gasteiger partial charge in [-0.3, -0.25) is 4.79 Å². The lowest BCUT2D eigenvalue weighted by Gasteiger charge is -2.11. The first kappa shape index (κ1) is 16.2. The van der Waals surface area contributed by atoms with Crippen LogP contribution in [0.5, 0.6) is 11.5 Å². The van der Waals surface area contributed by atoms with Crippen LogP contribution in [0.15, 0.2) is 34.8 Å². The molecular formula is C17H17ClO4. The van der Waals surface area contributed by atoms with Gasteiger partial charge in [0.2, 0.25) is 5.78 Å². The molecule has 0 saturated heterocycles. The summed E-state index contributed by atoms with van der Waals surface area (Å²) in [6.07, 6.45) is 3.10. The Labute approximate surface area is 134 Å². The molecule has 1 aromatic carbocycles. The first-order valence-corrected chi connectivity index (χ1v) is 7.22. The average Bonchev–Trinajstić information content (AvgIpc) is 2.91. The van der Waals surface area contributed by atoms with E-state index in [4.69, 9.17) is 25.5 Å². The zero-order valence-electron chi connectivity index (χ0n) is 12.7. The monoisotopic (exact) mass is 320 g/mol. The second-order valence-corrected chi connectivity index (χ2v) is 4.98. The Morgan fingerprint density at radius 1 is 1.36 bits per heavy atom. The van der Waals surface area contributed by atoms with Crippen LogP contribution in [-0.4, -0.2) is 19.5 Å². The highest BCUT2D eigenvalue weighted by atomic mass is 35.5. The van der Waals surface area contributed by atoms with Crippen molar-refractivity contribution in [2.24, 2.45) is 0 Å². The van der Waals surface area contributed by atoms with Gasteiger partial charge in [-0.25, -0.2) is 0 Å². The summed E-state index contributed by atoms with van der Waals surface area (Å²) in [5.41, 5.74) is 0.742. The summed E-state index contributed by atoms with van der Waals surface area (Å²) in [7, 11) is 1.53. The molecular weight excluding hydrogens is 304 g/mol. The fourth-order valence-electron chi connectivity index (χ4n) is 1.97. The van der Waals surface area contributed by atoms with Crippen molar-refractivity contribution in [3.8, 4) is 11.5 Å². The fraction of sp³-hybridized carbons (Fsp3) is 0.235. The molecule has 4 nitrogen and oxygen atoms in total. The summed E-state index contributed by atoms with van der Waals surface area (Å²) >= 11 is 6.16. The second kappa shape index (κ2) is 7.18. The Morgan fingerprint density at radius 2 is 2.14 bits per heavy atom. The second-order valence-electron chi connectivity index (χ2n) is 4.58. The maximum atomic E-state index is 12.0. The van der Waals surface area contributed by atoms with Gasteiger partial charge >= 0.3 is 0 Å². The molecule has 2 rings (SSSR count). The van der Waals surface area contributed by atoms with Crippen molar-refractivity contribution in [1.29, 1.82) is 0 Å². The van der Waals surface area contributed by atoms with Gasteiger partial charge in [0, 0.05) is 0 Å². The summed E-state index contributed by atoms with van der Waals surface area (Å²) in [6.45, 7) is 4.15. The third kappa shape index (κ3) is 3.71. The van der Waals surface area contributed by atoms with Crippen molar-refractivity contribution in [2.45, 2.75) is 13.8 Å². The molecule has 0 aliphatic carbocycles. The van der Waals surface area contributed by atoms with Crippen LogP contribution in [0.4, 0.5) is 0 Å². The number of hydrogen-bond donors (Lipinski definition) is 0. The fourth-order valence-corrected chi connectivity index (χ4v) is 2.26. The number of furan rings is 1. The summed E-state index contributed by atoms with van der Waals surface area (Å²) in [5, 5.41) is 0.425. The number of rotatable bonds is 6. The summed E-state index contributed by atoms with van der Waals surface area (Å²) < 4.78 is 16.0. The van der Waals surface area contributed by atoms with Crippen LogP contribution < -0.4 is 9.47 Å². The van der Waals surface area contributed by atoms with Crippen LogP contribution in [0.25, 0.3) is 6.08 Å². The van der Waals surface area contributed by atoms with Gasteiger partial charge in [0.05, 0.1) is 18.7 Å². The number of ether oxygens (including phenoxy) is 2. The molecule has 0 bridgehead atoms. The van der Waals surface area contributed by atoms with Crippen LogP contribution >= 0.6 is 11.6 Å². The predicted molar refractivity (Wildman–Crippen MR) is 86.0 cm³/mol. The molecule has 0 fully saturated rings. The number of allylic oxidation sites excluding steroid dienone is 1. The van der Waals surface area contributed by atoms with Crippen molar-refractivity contribution in [1.82, 2.24) is 0 Å². The molecule has 2 aromatic rings. The first-order chi connectivity index (χ1) is 10.5. The third-order valence-electron chi connectivity index (χ3n) is 2.95. The number of hydrogen-bond acceptors (Lipinski definition) is 4. The maximum absolute atomic E-state index is 12.0. The lowest BCUT2D eigenvalue weighted by atomic mass is 10.1. The van der Waals surface area contributed by atoms with Crippen LogP contribution in [0.3, 0.4) is 0 Å². The van der Waals surface area contributed by atoms with E-state index in [0.717, 1.165) is 5.56 Å². The van der Waals surface area contributed by atoms with Crippen molar-refractivity contribution >= 4 is 23.5 Å². The molecule has 5 heteroatoms. The standard InChI is InChI=1S/C17H17ClO4/c1-4-21-16-10-12(9-13(18)17(16)20-3)6-7-14(19)15-8-5-11(2)22-15/h5-10H,4H2,1-3H3/b7-6+. The number of carbonyl (C=O) groups is 1. The summed E-state index contributed by atoms with van der Waals surface area (Å²) in [5.74, 6) is 1.81. The first-order valence-electron chi connectivity index (χ1n) is 6.84. The molecule has 0 saturated carbocycles. The molecule has 0 radical (unpaired) electrons. The Bertz CT molecular complexity index is 701. The number of aryl methyl sites for hydroxylation is 1. The van der Waals surface area contributed by atoms with E-state index in [1.54, 1.807) is 37.3 Å². The van der Waals surface area contributed by atoms with Crippen molar-refractivity contribution in [3.63, 3.8) is 0 Å². The van der Waals surface area contributed by atoms with E-state index in [-0.39, 0.29) is 5.78 Å². The van der Waals surface area contributed by atoms with Crippen LogP contribution in [0.2, 0.25) is 5.02 Å². The largest absolute Gasteiger partial charge is 0.491 e. The average molecular weight is 321 g/mol. The zero-order valence-corrected chi connectivity index (χ0v) is 13.4. The SMILES string of the molecule is CCOc1cc(/C=C/C(=O)c2ccc(C)o2)cc(Cl)c1OC. The molecule has 22 heavy (non-hydrogen) atoms. The summed E-state index contributed by atoms with van der Waals surface area (Å²) in [4.78, 5) is 12.0. The van der Waals surface area contributed by atoms with E-state index in [2.05, 4.69) is 0 Å². The normalized spacial score (nSPS) is 10.9. The van der Waals surface area contributed by atoms with E-state index in [1.807, 2.05) is 6.92 Å². The van der Waals surface area contributed by atoms with Gasteiger partial charge in [-0.05, 0) is 49.8 Å². The Hall–Kier alpha value is -2.20. The predicted octanol–water partition coefficient (Wildman–Crippen LogP) is 4.54. The van der Waals surface area contributed by atoms with E-state index in [9.17, 15) is 4.79 Å². The minimum atomic E-state index is -0.210. The van der Waals surface area contributed by atoms with Crippen molar-refractivity contribution in [3.05, 3.63) is 52.4 Å². The van der Waals surface area contributed by atoms with Gasteiger partial charge in [-0.1, -0.05) is 17.7 Å². The molecule has 0 spiro atoms. The molecule has 0 N–H and O–H groups in total. The van der Waals surface area contributed by atoms with E-state index < -0.39 is 0 Å². The van der Waals surface area contributed by atoms with E-state index >= 15 is 0 Å². The number of benzene rings is 1. The lowest BCUT2D eigenvalue weighted by molar-refractivity contribution is 0.102. The van der Waals surface area contributed by atoms with E-state index in [1.165, 1.54) is 13.2 Å². The molecule has 0 atom stereocenters. The van der Waals surface area contributed by atoms with Gasteiger partial charge in [0.25, 0.3) is 0 Å². The van der Waals surface area contributed by atoms with Crippen molar-refractivity contribution in [2.75, 3.05) is 13.7 Å². The Morgan fingerprint density at radius 3 is 2.73 bits per heavy atom. The Balaban J connectivity index is 2.25. The third-order valence-corrected chi connectivity index (χ3v) is 3.23. The highest BCUT2D eigenvalue weighted by Crippen LogP contribution is 2.36. The maximum Gasteiger partial charge on any atom is 0.221 e. The van der Waals surface area contributed by atoms with Crippen LogP contribution in [-0.2, 0) is 0 Å². The molecule has 1 heterocycles. The number of methoxy groups -OCH3 is 1. The van der Waals surface area contributed by atoms with Crippen LogP contribution in [0.1, 0.15) is 28.8 Å². The highest BCUT2D eigenvalue weighted by Gasteiger charge is 2.11. The van der Waals surface area contributed by atoms with Gasteiger partial charge < -0.3 is 13.9 Å². The zero-order chi connectivity index (χ0) is 16.1. The van der Waals surface area contributed by atoms with Crippen LogP contribution in [0, 0.1) is 6.92 Å². The molecule has 0 aliphatic heterocycles. The number of halogens is 1. The highest BCUT2D eigenvalue weighted by molar-refractivity contribution is 6.32. The summed E-state index contributed by atoms with van der Waals surface area (Å²) in [6, 6.07) is 6.87. The number of carbonyl (C=O) groups excluding carboxylic acids is 1. The smallest absolute Gasteiger partial charge is 0.221 e. The quantitative estimate of drug-likeness (QED) is 0.579. The van der Waals surface area contributed by atoms with Gasteiger partial charge in [0.15, 0.2) is 17.3 Å². The molecule has 0 unspecified atom stereocenters. The van der Waals surface area contributed by atoms with Gasteiger partial charge in [0.1, 0.15) is 5.76 Å². The Kier molecular flexibility index (Phi) is 5.28. The van der Waals surface area contributed by atoms with Gasteiger partial charge in [-0.2, -0.15) is 0 Å². The topological polar surface area (TPSA) is 48.7 Å². The minimum absolute atomic E-state index is 0.210.